The number of sulfonamides is 1. The highest BCUT2D eigenvalue weighted by Gasteiger charge is 2.18. The monoisotopic (exact) mass is 414 g/mol. The number of amides is 1. The Morgan fingerprint density at radius 3 is 2.36 bits per heavy atom. The van der Waals surface area contributed by atoms with E-state index in [-0.39, 0.29) is 16.7 Å². The number of benzene rings is 3. The van der Waals surface area contributed by atoms with Gasteiger partial charge >= 0.3 is 0 Å². The van der Waals surface area contributed by atoms with Crippen molar-refractivity contribution in [1.29, 1.82) is 0 Å². The lowest BCUT2D eigenvalue weighted by Crippen LogP contribution is -2.19. The van der Waals surface area contributed by atoms with Crippen LogP contribution in [0.4, 0.5) is 11.4 Å². The van der Waals surface area contributed by atoms with E-state index < -0.39 is 10.0 Å². The first-order valence-corrected chi connectivity index (χ1v) is 11.5. The van der Waals surface area contributed by atoms with Crippen molar-refractivity contribution < 1.29 is 13.2 Å². The fraction of sp³-hybridized carbons (Fsp3) is 0.190. The van der Waals surface area contributed by atoms with Crippen LogP contribution in [-0.4, -0.2) is 20.6 Å². The SMILES string of the molecule is CSc1ccc(S(=O)(=O)Nc2ccc3ccccc3c2)cc1NC(=O)C(C)C. The molecule has 0 bridgehead atoms. The lowest BCUT2D eigenvalue weighted by atomic mass is 10.1. The molecule has 0 aliphatic heterocycles. The van der Waals surface area contributed by atoms with E-state index in [1.165, 1.54) is 17.8 Å². The molecule has 0 unspecified atom stereocenters. The Hall–Kier alpha value is -2.51. The molecule has 0 aromatic heterocycles. The van der Waals surface area contributed by atoms with Crippen LogP contribution < -0.4 is 10.0 Å². The van der Waals surface area contributed by atoms with Crippen molar-refractivity contribution in [2.24, 2.45) is 5.92 Å². The van der Waals surface area contributed by atoms with Crippen molar-refractivity contribution in [2.75, 3.05) is 16.3 Å². The molecule has 146 valence electrons. The Labute approximate surface area is 169 Å². The Morgan fingerprint density at radius 2 is 1.68 bits per heavy atom. The number of thioether (sulfide) groups is 1. The maximum absolute atomic E-state index is 12.9. The number of hydrogen-bond acceptors (Lipinski definition) is 4. The Balaban J connectivity index is 1.92. The molecule has 0 fully saturated rings. The summed E-state index contributed by atoms with van der Waals surface area (Å²) in [6.07, 6.45) is 1.88. The van der Waals surface area contributed by atoms with E-state index in [0.717, 1.165) is 15.7 Å². The normalized spacial score (nSPS) is 11.6. The minimum Gasteiger partial charge on any atom is -0.325 e. The van der Waals surface area contributed by atoms with Gasteiger partial charge in [-0.2, -0.15) is 0 Å². The summed E-state index contributed by atoms with van der Waals surface area (Å²) in [6, 6.07) is 17.9. The van der Waals surface area contributed by atoms with Gasteiger partial charge in [-0.05, 0) is 47.4 Å². The third-order valence-corrected chi connectivity index (χ3v) is 6.44. The zero-order chi connectivity index (χ0) is 20.3. The molecule has 3 rings (SSSR count). The van der Waals surface area contributed by atoms with E-state index in [1.807, 2.05) is 36.6 Å². The lowest BCUT2D eigenvalue weighted by molar-refractivity contribution is -0.118. The van der Waals surface area contributed by atoms with Gasteiger partial charge in [-0.15, -0.1) is 11.8 Å². The highest BCUT2D eigenvalue weighted by molar-refractivity contribution is 7.98. The summed E-state index contributed by atoms with van der Waals surface area (Å²) in [5.74, 6) is -0.363. The summed E-state index contributed by atoms with van der Waals surface area (Å²) in [4.78, 5) is 13.0. The van der Waals surface area contributed by atoms with Crippen LogP contribution in [0.25, 0.3) is 10.8 Å². The quantitative estimate of drug-likeness (QED) is 0.559. The third kappa shape index (κ3) is 4.48. The maximum Gasteiger partial charge on any atom is 0.261 e. The highest BCUT2D eigenvalue weighted by atomic mass is 32.2. The average Bonchev–Trinajstić information content (AvgIpc) is 2.67. The molecule has 0 heterocycles. The molecule has 3 aromatic carbocycles. The van der Waals surface area contributed by atoms with Crippen molar-refractivity contribution >= 4 is 49.8 Å². The average molecular weight is 415 g/mol. The summed E-state index contributed by atoms with van der Waals surface area (Å²) < 4.78 is 28.4. The van der Waals surface area contributed by atoms with Crippen LogP contribution in [-0.2, 0) is 14.8 Å². The molecule has 2 N–H and O–H groups in total. The molecule has 3 aromatic rings. The summed E-state index contributed by atoms with van der Waals surface area (Å²) in [5, 5.41) is 4.79. The van der Waals surface area contributed by atoms with Gasteiger partial charge in [-0.25, -0.2) is 8.42 Å². The van der Waals surface area contributed by atoms with E-state index in [4.69, 9.17) is 0 Å². The lowest BCUT2D eigenvalue weighted by Gasteiger charge is -2.14. The first-order chi connectivity index (χ1) is 13.3. The number of rotatable bonds is 6. The molecule has 0 saturated heterocycles. The van der Waals surface area contributed by atoms with Crippen LogP contribution in [0.15, 0.2) is 70.5 Å². The predicted octanol–water partition coefficient (Wildman–Crippen LogP) is 4.96. The van der Waals surface area contributed by atoms with Gasteiger partial charge in [0.05, 0.1) is 10.6 Å². The van der Waals surface area contributed by atoms with Crippen LogP contribution in [0.3, 0.4) is 0 Å². The standard InChI is InChI=1S/C21H22N2O3S2/c1-14(2)21(24)22-19-13-18(10-11-20(19)27-3)28(25,26)23-17-9-8-15-6-4-5-7-16(15)12-17/h4-14,23H,1-3H3,(H,22,24). The van der Waals surface area contributed by atoms with Crippen LogP contribution in [0.2, 0.25) is 0 Å². The van der Waals surface area contributed by atoms with E-state index in [9.17, 15) is 13.2 Å². The molecule has 0 aliphatic rings. The number of anilines is 2. The number of hydrogen-bond donors (Lipinski definition) is 2. The smallest absolute Gasteiger partial charge is 0.261 e. The Bertz CT molecular complexity index is 1130. The van der Waals surface area contributed by atoms with Crippen molar-refractivity contribution in [3.63, 3.8) is 0 Å². The number of fused-ring (bicyclic) bond motifs is 1. The van der Waals surface area contributed by atoms with Gasteiger partial charge in [-0.1, -0.05) is 44.2 Å². The van der Waals surface area contributed by atoms with E-state index in [0.29, 0.717) is 11.4 Å². The van der Waals surface area contributed by atoms with Gasteiger partial charge in [0.15, 0.2) is 0 Å². The minimum absolute atomic E-state index is 0.0949. The van der Waals surface area contributed by atoms with Gasteiger partial charge in [0, 0.05) is 16.5 Å². The minimum atomic E-state index is -3.80. The maximum atomic E-state index is 12.9. The second-order valence-corrected chi connectivity index (χ2v) is 9.20. The predicted molar refractivity (Wildman–Crippen MR) is 116 cm³/mol. The fourth-order valence-electron chi connectivity index (χ4n) is 2.70. The van der Waals surface area contributed by atoms with Crippen molar-refractivity contribution in [3.8, 4) is 0 Å². The molecule has 0 saturated carbocycles. The molecule has 0 spiro atoms. The van der Waals surface area contributed by atoms with Crippen molar-refractivity contribution in [2.45, 2.75) is 23.6 Å². The summed E-state index contributed by atoms with van der Waals surface area (Å²) in [5.41, 5.74) is 0.980. The molecule has 7 heteroatoms. The van der Waals surface area contributed by atoms with Crippen LogP contribution in [0.5, 0.6) is 0 Å². The van der Waals surface area contributed by atoms with Crippen molar-refractivity contribution in [1.82, 2.24) is 0 Å². The third-order valence-electron chi connectivity index (χ3n) is 4.27. The number of carbonyl (C=O) groups is 1. The van der Waals surface area contributed by atoms with Crippen LogP contribution >= 0.6 is 11.8 Å². The van der Waals surface area contributed by atoms with Gasteiger partial charge in [-0.3, -0.25) is 9.52 Å². The van der Waals surface area contributed by atoms with E-state index in [1.54, 1.807) is 38.1 Å². The molecular formula is C21H22N2O3S2. The second kappa shape index (κ2) is 8.24. The van der Waals surface area contributed by atoms with E-state index >= 15 is 0 Å². The van der Waals surface area contributed by atoms with Gasteiger partial charge in [0.2, 0.25) is 5.91 Å². The Morgan fingerprint density at radius 1 is 0.964 bits per heavy atom. The van der Waals surface area contributed by atoms with Crippen LogP contribution in [0, 0.1) is 5.92 Å². The topological polar surface area (TPSA) is 75.3 Å². The van der Waals surface area contributed by atoms with Gasteiger partial charge in [0.25, 0.3) is 10.0 Å². The largest absolute Gasteiger partial charge is 0.325 e. The first-order valence-electron chi connectivity index (χ1n) is 8.80. The van der Waals surface area contributed by atoms with Gasteiger partial charge in [0.1, 0.15) is 0 Å². The molecule has 28 heavy (non-hydrogen) atoms. The van der Waals surface area contributed by atoms with E-state index in [2.05, 4.69) is 10.0 Å². The Kier molecular flexibility index (Phi) is 5.96. The molecule has 1 amide bonds. The summed E-state index contributed by atoms with van der Waals surface area (Å²) in [7, 11) is -3.80. The number of nitrogens with one attached hydrogen (secondary N) is 2. The van der Waals surface area contributed by atoms with Crippen LogP contribution in [0.1, 0.15) is 13.8 Å². The molecule has 0 aliphatic carbocycles. The highest BCUT2D eigenvalue weighted by Crippen LogP contribution is 2.30. The zero-order valence-electron chi connectivity index (χ0n) is 15.9. The first kappa shape index (κ1) is 20.2. The zero-order valence-corrected chi connectivity index (χ0v) is 17.5. The number of carbonyl (C=O) groups excluding carboxylic acids is 1. The van der Waals surface area contributed by atoms with Crippen molar-refractivity contribution in [3.05, 3.63) is 60.7 Å². The molecule has 5 nitrogen and oxygen atoms in total. The molecule has 0 atom stereocenters. The fourth-order valence-corrected chi connectivity index (χ4v) is 4.31. The summed E-state index contributed by atoms with van der Waals surface area (Å²) in [6.45, 7) is 3.58. The molecular weight excluding hydrogens is 392 g/mol. The van der Waals surface area contributed by atoms with Gasteiger partial charge < -0.3 is 5.32 Å². The summed E-state index contributed by atoms with van der Waals surface area (Å²) >= 11 is 1.44. The molecule has 0 radical (unpaired) electrons. The second-order valence-electron chi connectivity index (χ2n) is 6.67.